The van der Waals surface area contributed by atoms with Crippen LogP contribution in [0.5, 0.6) is 0 Å². The third-order valence-corrected chi connectivity index (χ3v) is 1.64. The van der Waals surface area contributed by atoms with E-state index in [0.29, 0.717) is 5.95 Å². The van der Waals surface area contributed by atoms with Gasteiger partial charge in [0, 0.05) is 0 Å². The van der Waals surface area contributed by atoms with Crippen molar-refractivity contribution in [3.05, 3.63) is 6.33 Å². The molecule has 0 bridgehead atoms. The van der Waals surface area contributed by atoms with E-state index in [1.54, 1.807) is 0 Å². The summed E-state index contributed by atoms with van der Waals surface area (Å²) in [4.78, 5) is 27.0. The van der Waals surface area contributed by atoms with Crippen LogP contribution in [0.1, 0.15) is 6.42 Å². The number of amides is 1. The summed E-state index contributed by atoms with van der Waals surface area (Å²) in [6.07, 6.45) is 1.27. The lowest BCUT2D eigenvalue weighted by atomic mass is 10.3. The highest BCUT2D eigenvalue weighted by Crippen LogP contribution is 2.12. The maximum Gasteiger partial charge on any atom is 0.237 e. The van der Waals surface area contributed by atoms with Crippen LogP contribution in [0.3, 0.4) is 0 Å². The first kappa shape index (κ1) is 6.96. The van der Waals surface area contributed by atoms with Gasteiger partial charge in [0.05, 0.1) is 13.0 Å². The summed E-state index contributed by atoms with van der Waals surface area (Å²) in [6, 6.07) is 0. The lowest BCUT2D eigenvalue weighted by Gasteiger charge is -2.08. The van der Waals surface area contributed by atoms with Gasteiger partial charge in [0.1, 0.15) is 6.33 Å². The fourth-order valence-corrected chi connectivity index (χ4v) is 1.11. The summed E-state index contributed by atoms with van der Waals surface area (Å²) in [5.74, 6) is 0.0269. The van der Waals surface area contributed by atoms with Gasteiger partial charge in [-0.05, 0) is 0 Å². The third-order valence-electron chi connectivity index (χ3n) is 1.64. The van der Waals surface area contributed by atoms with Crippen molar-refractivity contribution in [2.24, 2.45) is 0 Å². The minimum absolute atomic E-state index is 0.0271. The topological polar surface area (TPSA) is 79.0 Å². The van der Waals surface area contributed by atoms with Crippen molar-refractivity contribution in [3.8, 4) is 0 Å². The second kappa shape index (κ2) is 2.40. The van der Waals surface area contributed by atoms with E-state index in [0.717, 1.165) is 0 Å². The molecule has 0 atom stereocenters. The zero-order valence-electron chi connectivity index (χ0n) is 6.15. The van der Waals surface area contributed by atoms with E-state index >= 15 is 0 Å². The van der Waals surface area contributed by atoms with Crippen molar-refractivity contribution in [2.45, 2.75) is 6.42 Å². The van der Waals surface area contributed by atoms with Gasteiger partial charge in [-0.25, -0.2) is 5.10 Å². The zero-order valence-corrected chi connectivity index (χ0v) is 6.15. The van der Waals surface area contributed by atoms with Crippen molar-refractivity contribution in [2.75, 3.05) is 11.4 Å². The summed E-state index contributed by atoms with van der Waals surface area (Å²) in [6.45, 7) is 0.105. The number of nitrogens with one attached hydrogen (secondary N) is 1. The molecule has 1 aromatic rings. The predicted molar refractivity (Wildman–Crippen MR) is 38.4 cm³/mol. The Hall–Kier alpha value is -1.72. The molecule has 1 amide bonds. The summed E-state index contributed by atoms with van der Waals surface area (Å²) in [7, 11) is 0. The molecule has 0 unspecified atom stereocenters. The molecule has 1 aliphatic heterocycles. The Kier molecular flexibility index (Phi) is 1.39. The molecule has 0 radical (unpaired) electrons. The van der Waals surface area contributed by atoms with E-state index < -0.39 is 0 Å². The van der Waals surface area contributed by atoms with Gasteiger partial charge in [0.2, 0.25) is 11.9 Å². The molecular formula is C6H6N4O2. The molecular weight excluding hydrogens is 160 g/mol. The second-order valence-electron chi connectivity index (χ2n) is 2.50. The number of carbonyl (C=O) groups excluding carboxylic acids is 2. The van der Waals surface area contributed by atoms with Gasteiger partial charge in [-0.3, -0.25) is 14.5 Å². The lowest BCUT2D eigenvalue weighted by Crippen LogP contribution is -2.25. The largest absolute Gasteiger partial charge is 0.297 e. The van der Waals surface area contributed by atoms with Crippen molar-refractivity contribution in [1.82, 2.24) is 15.2 Å². The zero-order chi connectivity index (χ0) is 8.55. The number of H-pyrrole nitrogens is 1. The van der Waals surface area contributed by atoms with Gasteiger partial charge < -0.3 is 0 Å². The van der Waals surface area contributed by atoms with Crippen LogP contribution in [0.15, 0.2) is 6.33 Å². The molecule has 0 aliphatic carbocycles. The number of nitrogens with zero attached hydrogens (tertiary/aromatic N) is 3. The highest BCUT2D eigenvalue weighted by molar-refractivity contribution is 6.14. The van der Waals surface area contributed by atoms with Crippen LogP contribution in [0.4, 0.5) is 5.95 Å². The highest BCUT2D eigenvalue weighted by Gasteiger charge is 2.29. The summed E-state index contributed by atoms with van der Waals surface area (Å²) >= 11 is 0. The Labute approximate surface area is 67.6 Å². The second-order valence-corrected chi connectivity index (χ2v) is 2.50. The Morgan fingerprint density at radius 2 is 2.33 bits per heavy atom. The van der Waals surface area contributed by atoms with Gasteiger partial charge >= 0.3 is 0 Å². The minimum atomic E-state index is -0.225. The molecule has 0 saturated carbocycles. The van der Waals surface area contributed by atoms with Gasteiger partial charge in [0.15, 0.2) is 5.78 Å². The summed E-state index contributed by atoms with van der Waals surface area (Å²) in [5, 5.41) is 6.11. The fraction of sp³-hybridized carbons (Fsp3) is 0.333. The molecule has 1 aliphatic rings. The lowest BCUT2D eigenvalue weighted by molar-refractivity contribution is -0.121. The van der Waals surface area contributed by atoms with E-state index in [1.165, 1.54) is 11.2 Å². The average Bonchev–Trinajstić information content (AvgIpc) is 2.58. The van der Waals surface area contributed by atoms with Crippen LogP contribution in [0, 0.1) is 0 Å². The number of aromatic nitrogens is 3. The number of carbonyl (C=O) groups is 2. The normalized spacial score (nSPS) is 17.5. The number of anilines is 1. The molecule has 1 N–H and O–H groups in total. The number of Topliss-reactive ketones (excluding diaryl/α,β-unsaturated/α-hetero) is 1. The Bertz CT molecular complexity index is 318. The third kappa shape index (κ3) is 0.969. The van der Waals surface area contributed by atoms with Crippen LogP contribution in [-0.4, -0.2) is 33.4 Å². The molecule has 0 aromatic carbocycles. The van der Waals surface area contributed by atoms with Crippen molar-refractivity contribution in [1.29, 1.82) is 0 Å². The molecule has 0 spiro atoms. The molecule has 1 fully saturated rings. The van der Waals surface area contributed by atoms with Crippen molar-refractivity contribution < 1.29 is 9.59 Å². The minimum Gasteiger partial charge on any atom is -0.297 e. The molecule has 1 saturated heterocycles. The number of hydrogen-bond acceptors (Lipinski definition) is 4. The molecule has 6 heteroatoms. The molecule has 1 aromatic heterocycles. The highest BCUT2D eigenvalue weighted by atomic mass is 16.2. The first-order chi connectivity index (χ1) is 5.77. The van der Waals surface area contributed by atoms with Gasteiger partial charge in [-0.15, -0.1) is 0 Å². The first-order valence-electron chi connectivity index (χ1n) is 3.45. The van der Waals surface area contributed by atoms with E-state index in [1.807, 2.05) is 0 Å². The van der Waals surface area contributed by atoms with Crippen molar-refractivity contribution >= 4 is 17.6 Å². The van der Waals surface area contributed by atoms with Crippen LogP contribution in [0.2, 0.25) is 0 Å². The Balaban J connectivity index is 2.26. The quantitative estimate of drug-likeness (QED) is 0.549. The van der Waals surface area contributed by atoms with Gasteiger partial charge in [-0.2, -0.15) is 10.1 Å². The van der Waals surface area contributed by atoms with E-state index in [9.17, 15) is 9.59 Å². The first-order valence-corrected chi connectivity index (χ1v) is 3.45. The number of rotatable bonds is 1. The number of aromatic amines is 1. The maximum atomic E-state index is 11.1. The number of ketones is 1. The van der Waals surface area contributed by atoms with Crippen LogP contribution in [-0.2, 0) is 9.59 Å². The van der Waals surface area contributed by atoms with E-state index in [4.69, 9.17) is 0 Å². The van der Waals surface area contributed by atoms with E-state index in [-0.39, 0.29) is 24.7 Å². The molecule has 62 valence electrons. The Morgan fingerprint density at radius 1 is 1.50 bits per heavy atom. The molecule has 2 rings (SSSR count). The van der Waals surface area contributed by atoms with Crippen LogP contribution < -0.4 is 4.90 Å². The smallest absolute Gasteiger partial charge is 0.237 e. The summed E-state index contributed by atoms with van der Waals surface area (Å²) < 4.78 is 0. The predicted octanol–water partition coefficient (Wildman–Crippen LogP) is -0.890. The molecule has 12 heavy (non-hydrogen) atoms. The standard InChI is InChI=1S/C6H6N4O2/c11-4-1-5(12)10(2-4)6-7-3-8-9-6/h3H,1-2H2,(H,7,8,9). The number of hydrogen-bond donors (Lipinski definition) is 1. The van der Waals surface area contributed by atoms with E-state index in [2.05, 4.69) is 15.2 Å². The Morgan fingerprint density at radius 3 is 2.83 bits per heavy atom. The van der Waals surface area contributed by atoms with Gasteiger partial charge in [-0.1, -0.05) is 0 Å². The summed E-state index contributed by atoms with van der Waals surface area (Å²) in [5.41, 5.74) is 0. The maximum absolute atomic E-state index is 11.1. The average molecular weight is 166 g/mol. The van der Waals surface area contributed by atoms with Crippen molar-refractivity contribution in [3.63, 3.8) is 0 Å². The van der Waals surface area contributed by atoms with Crippen LogP contribution in [0.25, 0.3) is 0 Å². The molecule has 2 heterocycles. The fourth-order valence-electron chi connectivity index (χ4n) is 1.11. The van der Waals surface area contributed by atoms with Gasteiger partial charge in [0.25, 0.3) is 0 Å². The van der Waals surface area contributed by atoms with Crippen LogP contribution >= 0.6 is 0 Å². The molecule has 6 nitrogen and oxygen atoms in total. The SMILES string of the molecule is O=C1CC(=O)N(c2ncn[nH]2)C1. The monoisotopic (exact) mass is 166 g/mol.